The Morgan fingerprint density at radius 3 is 2.71 bits per heavy atom. The predicted molar refractivity (Wildman–Crippen MR) is 63.6 cm³/mol. The van der Waals surface area contributed by atoms with Gasteiger partial charge in [0.1, 0.15) is 0 Å². The Labute approximate surface area is 101 Å². The zero-order valence-electron chi connectivity index (χ0n) is 9.91. The van der Waals surface area contributed by atoms with Crippen molar-refractivity contribution in [2.75, 3.05) is 6.54 Å². The first-order chi connectivity index (χ1) is 8.20. The SMILES string of the molecule is O=C(NCC1(O)CCCCCC1)c1cn[nH]c1. The highest BCUT2D eigenvalue weighted by molar-refractivity contribution is 5.93. The molecule has 0 radical (unpaired) electrons. The molecular formula is C12H19N3O2. The number of amides is 1. The van der Waals surface area contributed by atoms with E-state index in [1.54, 1.807) is 6.20 Å². The monoisotopic (exact) mass is 237 g/mol. The number of aromatic amines is 1. The summed E-state index contributed by atoms with van der Waals surface area (Å²) in [6, 6.07) is 0. The summed E-state index contributed by atoms with van der Waals surface area (Å²) in [5.41, 5.74) is -0.224. The molecule has 3 N–H and O–H groups in total. The fourth-order valence-electron chi connectivity index (χ4n) is 2.29. The Morgan fingerprint density at radius 2 is 2.12 bits per heavy atom. The molecule has 0 aliphatic heterocycles. The van der Waals surface area contributed by atoms with Gasteiger partial charge in [0.25, 0.3) is 5.91 Å². The summed E-state index contributed by atoms with van der Waals surface area (Å²) in [7, 11) is 0. The molecule has 94 valence electrons. The second kappa shape index (κ2) is 5.31. The van der Waals surface area contributed by atoms with Gasteiger partial charge in [0, 0.05) is 12.7 Å². The van der Waals surface area contributed by atoms with Gasteiger partial charge in [-0.1, -0.05) is 25.7 Å². The van der Waals surface area contributed by atoms with E-state index in [-0.39, 0.29) is 5.91 Å². The highest BCUT2D eigenvalue weighted by atomic mass is 16.3. The Kier molecular flexibility index (Phi) is 3.78. The Balaban J connectivity index is 1.86. The summed E-state index contributed by atoms with van der Waals surface area (Å²) in [5, 5.41) is 19.5. The number of aromatic nitrogens is 2. The topological polar surface area (TPSA) is 78.0 Å². The lowest BCUT2D eigenvalue weighted by Gasteiger charge is -2.26. The highest BCUT2D eigenvalue weighted by Gasteiger charge is 2.28. The number of nitrogens with zero attached hydrogens (tertiary/aromatic N) is 1. The van der Waals surface area contributed by atoms with Crippen molar-refractivity contribution in [1.82, 2.24) is 15.5 Å². The van der Waals surface area contributed by atoms with Gasteiger partial charge in [0.05, 0.1) is 17.4 Å². The van der Waals surface area contributed by atoms with Crippen molar-refractivity contribution in [2.45, 2.75) is 44.1 Å². The Hall–Kier alpha value is -1.36. The highest BCUT2D eigenvalue weighted by Crippen LogP contribution is 2.26. The van der Waals surface area contributed by atoms with E-state index in [0.29, 0.717) is 12.1 Å². The molecule has 2 rings (SSSR count). The molecule has 0 spiro atoms. The van der Waals surface area contributed by atoms with Crippen molar-refractivity contribution >= 4 is 5.91 Å². The van der Waals surface area contributed by atoms with Crippen LogP contribution in [0.5, 0.6) is 0 Å². The first-order valence-corrected chi connectivity index (χ1v) is 6.19. The van der Waals surface area contributed by atoms with Crippen molar-refractivity contribution in [3.63, 3.8) is 0 Å². The number of rotatable bonds is 3. The molecule has 5 heteroatoms. The Bertz CT molecular complexity index is 354. The van der Waals surface area contributed by atoms with Crippen LogP contribution in [-0.4, -0.2) is 33.4 Å². The molecule has 17 heavy (non-hydrogen) atoms. The van der Waals surface area contributed by atoms with Crippen molar-refractivity contribution in [3.05, 3.63) is 18.0 Å². The lowest BCUT2D eigenvalue weighted by molar-refractivity contribution is 0.0246. The minimum Gasteiger partial charge on any atom is -0.388 e. The molecule has 0 saturated heterocycles. The molecule has 1 saturated carbocycles. The van der Waals surface area contributed by atoms with Gasteiger partial charge in [-0.2, -0.15) is 5.10 Å². The predicted octanol–water partition coefficient (Wildman–Crippen LogP) is 1.22. The fourth-order valence-corrected chi connectivity index (χ4v) is 2.29. The summed E-state index contributed by atoms with van der Waals surface area (Å²) in [5.74, 6) is -0.184. The summed E-state index contributed by atoms with van der Waals surface area (Å²) in [6.45, 7) is 0.330. The molecule has 1 fully saturated rings. The zero-order chi connectivity index (χ0) is 12.1. The first kappa shape index (κ1) is 12.1. The molecule has 5 nitrogen and oxygen atoms in total. The maximum Gasteiger partial charge on any atom is 0.254 e. The molecular weight excluding hydrogens is 218 g/mol. The molecule has 0 unspecified atom stereocenters. The summed E-state index contributed by atoms with van der Waals surface area (Å²) in [4.78, 5) is 11.7. The van der Waals surface area contributed by atoms with Crippen LogP contribution in [0.1, 0.15) is 48.9 Å². The lowest BCUT2D eigenvalue weighted by atomic mass is 9.94. The third kappa shape index (κ3) is 3.30. The van der Waals surface area contributed by atoms with Crippen LogP contribution in [0.25, 0.3) is 0 Å². The standard InChI is InChI=1S/C12H19N3O2/c16-11(10-7-14-15-8-10)13-9-12(17)5-3-1-2-4-6-12/h7-8,17H,1-6,9H2,(H,13,16)(H,14,15). The maximum atomic E-state index is 11.7. The van der Waals surface area contributed by atoms with Crippen LogP contribution in [0.4, 0.5) is 0 Å². The van der Waals surface area contributed by atoms with Crippen LogP contribution in [-0.2, 0) is 0 Å². The van der Waals surface area contributed by atoms with Gasteiger partial charge in [-0.05, 0) is 12.8 Å². The summed E-state index contributed by atoms with van der Waals surface area (Å²) in [6.07, 6.45) is 9.02. The van der Waals surface area contributed by atoms with Crippen molar-refractivity contribution < 1.29 is 9.90 Å². The van der Waals surface area contributed by atoms with E-state index in [9.17, 15) is 9.90 Å². The van der Waals surface area contributed by atoms with Gasteiger partial charge in [0.15, 0.2) is 0 Å². The number of aliphatic hydroxyl groups is 1. The van der Waals surface area contributed by atoms with E-state index in [1.165, 1.54) is 19.0 Å². The van der Waals surface area contributed by atoms with Crippen LogP contribution >= 0.6 is 0 Å². The summed E-state index contributed by atoms with van der Waals surface area (Å²) >= 11 is 0. The van der Waals surface area contributed by atoms with E-state index in [4.69, 9.17) is 0 Å². The van der Waals surface area contributed by atoms with Crippen LogP contribution in [0.3, 0.4) is 0 Å². The molecule has 1 amide bonds. The number of hydrogen-bond donors (Lipinski definition) is 3. The van der Waals surface area contributed by atoms with Gasteiger partial charge in [-0.15, -0.1) is 0 Å². The number of nitrogens with one attached hydrogen (secondary N) is 2. The molecule has 0 bridgehead atoms. The number of carbonyl (C=O) groups is 1. The number of H-pyrrole nitrogens is 1. The van der Waals surface area contributed by atoms with Crippen LogP contribution < -0.4 is 5.32 Å². The number of carbonyl (C=O) groups excluding carboxylic acids is 1. The second-order valence-corrected chi connectivity index (χ2v) is 4.81. The average molecular weight is 237 g/mol. The van der Waals surface area contributed by atoms with E-state index in [0.717, 1.165) is 25.7 Å². The fraction of sp³-hybridized carbons (Fsp3) is 0.667. The van der Waals surface area contributed by atoms with Gasteiger partial charge >= 0.3 is 0 Å². The molecule has 1 aromatic rings. The maximum absolute atomic E-state index is 11.7. The largest absolute Gasteiger partial charge is 0.388 e. The number of hydrogen-bond acceptors (Lipinski definition) is 3. The van der Waals surface area contributed by atoms with Crippen molar-refractivity contribution in [1.29, 1.82) is 0 Å². The molecule has 0 atom stereocenters. The quantitative estimate of drug-likeness (QED) is 0.692. The zero-order valence-corrected chi connectivity index (χ0v) is 9.91. The smallest absolute Gasteiger partial charge is 0.254 e. The molecule has 1 aliphatic carbocycles. The normalized spacial score (nSPS) is 19.6. The van der Waals surface area contributed by atoms with Crippen molar-refractivity contribution in [2.24, 2.45) is 0 Å². The molecule has 0 aromatic carbocycles. The Morgan fingerprint density at radius 1 is 1.41 bits per heavy atom. The van der Waals surface area contributed by atoms with Crippen molar-refractivity contribution in [3.8, 4) is 0 Å². The van der Waals surface area contributed by atoms with E-state index >= 15 is 0 Å². The minimum absolute atomic E-state index is 0.184. The van der Waals surface area contributed by atoms with Gasteiger partial charge in [0.2, 0.25) is 0 Å². The third-order valence-electron chi connectivity index (χ3n) is 3.37. The lowest BCUT2D eigenvalue weighted by Crippen LogP contribution is -2.42. The van der Waals surface area contributed by atoms with E-state index in [2.05, 4.69) is 15.5 Å². The first-order valence-electron chi connectivity index (χ1n) is 6.19. The minimum atomic E-state index is -0.726. The van der Waals surface area contributed by atoms with Crippen LogP contribution in [0.2, 0.25) is 0 Å². The van der Waals surface area contributed by atoms with Gasteiger partial charge in [-0.25, -0.2) is 0 Å². The van der Waals surface area contributed by atoms with Gasteiger partial charge in [-0.3, -0.25) is 9.89 Å². The molecule has 1 heterocycles. The third-order valence-corrected chi connectivity index (χ3v) is 3.37. The average Bonchev–Trinajstić information content (AvgIpc) is 2.77. The van der Waals surface area contributed by atoms with E-state index in [1.807, 2.05) is 0 Å². The van der Waals surface area contributed by atoms with Crippen LogP contribution in [0, 0.1) is 0 Å². The molecule has 1 aliphatic rings. The molecule has 1 aromatic heterocycles. The van der Waals surface area contributed by atoms with E-state index < -0.39 is 5.60 Å². The second-order valence-electron chi connectivity index (χ2n) is 4.81. The summed E-state index contributed by atoms with van der Waals surface area (Å²) < 4.78 is 0. The van der Waals surface area contributed by atoms with Crippen LogP contribution in [0.15, 0.2) is 12.4 Å². The van der Waals surface area contributed by atoms with Gasteiger partial charge < -0.3 is 10.4 Å².